The Hall–Kier alpha value is -1.69. The number of alkyl carbamates (subject to hydrolysis) is 1. The van der Waals surface area contributed by atoms with E-state index in [0.29, 0.717) is 12.5 Å². The van der Waals surface area contributed by atoms with Gasteiger partial charge in [-0.05, 0) is 39.5 Å². The predicted molar refractivity (Wildman–Crippen MR) is 79.6 cm³/mol. The van der Waals surface area contributed by atoms with E-state index < -0.39 is 5.60 Å². The smallest absolute Gasteiger partial charge is 0.407 e. The van der Waals surface area contributed by atoms with Crippen molar-refractivity contribution in [2.45, 2.75) is 51.8 Å². The van der Waals surface area contributed by atoms with Crippen molar-refractivity contribution < 1.29 is 9.53 Å². The van der Waals surface area contributed by atoms with Gasteiger partial charge in [0.25, 0.3) is 0 Å². The van der Waals surface area contributed by atoms with Crippen LogP contribution in [-0.2, 0) is 11.3 Å². The summed E-state index contributed by atoms with van der Waals surface area (Å²) < 4.78 is 5.31. The third-order valence-electron chi connectivity index (χ3n) is 3.20. The molecule has 1 fully saturated rings. The van der Waals surface area contributed by atoms with Gasteiger partial charge >= 0.3 is 6.09 Å². The van der Waals surface area contributed by atoms with Crippen molar-refractivity contribution in [1.29, 1.82) is 0 Å². The van der Waals surface area contributed by atoms with Gasteiger partial charge in [-0.1, -0.05) is 0 Å². The molecular formula is C15H24N4O2. The molecule has 21 heavy (non-hydrogen) atoms. The number of hydrogen-bond acceptors (Lipinski definition) is 5. The van der Waals surface area contributed by atoms with Gasteiger partial charge in [0.05, 0.1) is 0 Å². The second-order valence-corrected chi connectivity index (χ2v) is 6.47. The van der Waals surface area contributed by atoms with E-state index in [9.17, 15) is 4.79 Å². The Labute approximate surface area is 125 Å². The van der Waals surface area contributed by atoms with E-state index >= 15 is 0 Å². The zero-order valence-corrected chi connectivity index (χ0v) is 12.9. The molecule has 1 aromatic heterocycles. The van der Waals surface area contributed by atoms with Crippen molar-refractivity contribution in [3.05, 3.63) is 24.3 Å². The highest BCUT2D eigenvalue weighted by molar-refractivity contribution is 5.68. The minimum atomic E-state index is -0.465. The first-order chi connectivity index (χ1) is 9.94. The number of nitrogens with one attached hydrogen (secondary N) is 2. The van der Waals surface area contributed by atoms with Crippen LogP contribution in [0.25, 0.3) is 0 Å². The highest BCUT2D eigenvalue weighted by atomic mass is 16.6. The lowest BCUT2D eigenvalue weighted by Gasteiger charge is -2.24. The molecule has 1 heterocycles. The zero-order chi connectivity index (χ0) is 15.3. The lowest BCUT2D eigenvalue weighted by molar-refractivity contribution is 0.0497. The Morgan fingerprint density at radius 1 is 1.38 bits per heavy atom. The molecule has 1 saturated carbocycles. The van der Waals surface area contributed by atoms with E-state index in [2.05, 4.69) is 20.6 Å². The molecule has 0 radical (unpaired) electrons. The van der Waals surface area contributed by atoms with Crippen LogP contribution in [0.15, 0.2) is 18.7 Å². The monoisotopic (exact) mass is 292 g/mol. The molecule has 6 nitrogen and oxygen atoms in total. The molecule has 1 amide bonds. The van der Waals surface area contributed by atoms with E-state index in [1.165, 1.54) is 6.33 Å². The summed E-state index contributed by atoms with van der Waals surface area (Å²) >= 11 is 0. The van der Waals surface area contributed by atoms with Crippen molar-refractivity contribution in [1.82, 2.24) is 20.6 Å². The van der Waals surface area contributed by atoms with Crippen molar-refractivity contribution >= 4 is 6.09 Å². The standard InChI is InChI=1S/C15H24N4O2/c1-15(2,3)21-14(20)19-13(12-4-5-12)9-16-6-11-7-17-10-18-8-11/h7-8,10,12-13,16H,4-6,9H2,1-3H3,(H,19,20). The Balaban J connectivity index is 1.76. The normalized spacial score (nSPS) is 16.3. The molecule has 0 aliphatic heterocycles. The Bertz CT molecular complexity index is 454. The van der Waals surface area contributed by atoms with Gasteiger partial charge in [-0.2, -0.15) is 0 Å². The van der Waals surface area contributed by atoms with Crippen LogP contribution in [0, 0.1) is 5.92 Å². The molecule has 116 valence electrons. The van der Waals surface area contributed by atoms with Gasteiger partial charge in [0.15, 0.2) is 0 Å². The van der Waals surface area contributed by atoms with Gasteiger partial charge in [0.2, 0.25) is 0 Å². The molecular weight excluding hydrogens is 268 g/mol. The van der Waals surface area contributed by atoms with Gasteiger partial charge in [-0.15, -0.1) is 0 Å². The third-order valence-corrected chi connectivity index (χ3v) is 3.20. The van der Waals surface area contributed by atoms with Gasteiger partial charge in [-0.3, -0.25) is 0 Å². The minimum absolute atomic E-state index is 0.115. The number of nitrogens with zero attached hydrogens (tertiary/aromatic N) is 2. The fourth-order valence-electron chi connectivity index (χ4n) is 2.09. The molecule has 0 aromatic carbocycles. The molecule has 2 rings (SSSR count). The molecule has 1 unspecified atom stereocenters. The lowest BCUT2D eigenvalue weighted by Crippen LogP contribution is -2.45. The Morgan fingerprint density at radius 3 is 2.62 bits per heavy atom. The third kappa shape index (κ3) is 6.08. The van der Waals surface area contributed by atoms with Gasteiger partial charge < -0.3 is 15.4 Å². The number of rotatable bonds is 6. The number of aromatic nitrogens is 2. The fourth-order valence-corrected chi connectivity index (χ4v) is 2.09. The molecule has 1 aliphatic carbocycles. The molecule has 2 N–H and O–H groups in total. The molecule has 1 aliphatic rings. The van der Waals surface area contributed by atoms with Gasteiger partial charge in [-0.25, -0.2) is 14.8 Å². The number of hydrogen-bond donors (Lipinski definition) is 2. The SMILES string of the molecule is CC(C)(C)OC(=O)NC(CNCc1cncnc1)C1CC1. The maximum absolute atomic E-state index is 11.9. The first-order valence-corrected chi connectivity index (χ1v) is 7.38. The Kier molecular flexibility index (Phi) is 5.12. The van der Waals surface area contributed by atoms with Crippen LogP contribution in [0.3, 0.4) is 0 Å². The molecule has 1 aromatic rings. The van der Waals surface area contributed by atoms with Crippen molar-refractivity contribution in [3.8, 4) is 0 Å². The molecule has 6 heteroatoms. The topological polar surface area (TPSA) is 76.1 Å². The zero-order valence-electron chi connectivity index (χ0n) is 12.9. The van der Waals surface area contributed by atoms with Crippen molar-refractivity contribution in [2.24, 2.45) is 5.92 Å². The van der Waals surface area contributed by atoms with Crippen LogP contribution >= 0.6 is 0 Å². The van der Waals surface area contributed by atoms with Gasteiger partial charge in [0, 0.05) is 37.1 Å². The summed E-state index contributed by atoms with van der Waals surface area (Å²) in [6.07, 6.45) is 7.07. The second kappa shape index (κ2) is 6.85. The summed E-state index contributed by atoms with van der Waals surface area (Å²) in [5.41, 5.74) is 0.566. The second-order valence-electron chi connectivity index (χ2n) is 6.47. The highest BCUT2D eigenvalue weighted by Crippen LogP contribution is 2.32. The maximum atomic E-state index is 11.9. The van der Waals surface area contributed by atoms with Crippen molar-refractivity contribution in [2.75, 3.05) is 6.54 Å². The maximum Gasteiger partial charge on any atom is 0.407 e. The molecule has 0 spiro atoms. The van der Waals surface area contributed by atoms with E-state index in [-0.39, 0.29) is 12.1 Å². The van der Waals surface area contributed by atoms with Crippen LogP contribution in [0.5, 0.6) is 0 Å². The number of ether oxygens (including phenoxy) is 1. The number of carbonyl (C=O) groups is 1. The van der Waals surface area contributed by atoms with E-state index in [1.54, 1.807) is 12.4 Å². The van der Waals surface area contributed by atoms with E-state index in [4.69, 9.17) is 4.74 Å². The summed E-state index contributed by atoms with van der Waals surface area (Å²) in [4.78, 5) is 19.8. The Morgan fingerprint density at radius 2 is 2.05 bits per heavy atom. The average Bonchev–Trinajstić information content (AvgIpc) is 3.21. The van der Waals surface area contributed by atoms with Gasteiger partial charge in [0.1, 0.15) is 11.9 Å². The summed E-state index contributed by atoms with van der Waals surface area (Å²) in [6.45, 7) is 7.02. The average molecular weight is 292 g/mol. The first-order valence-electron chi connectivity index (χ1n) is 7.38. The quantitative estimate of drug-likeness (QED) is 0.837. The molecule has 1 atom stereocenters. The largest absolute Gasteiger partial charge is 0.444 e. The number of amides is 1. The fraction of sp³-hybridized carbons (Fsp3) is 0.667. The van der Waals surface area contributed by atoms with Crippen LogP contribution in [0.1, 0.15) is 39.2 Å². The molecule has 0 saturated heterocycles. The first kappa shape index (κ1) is 15.7. The number of carbonyl (C=O) groups excluding carboxylic acids is 1. The molecule has 0 bridgehead atoms. The van der Waals surface area contributed by atoms with Crippen LogP contribution < -0.4 is 10.6 Å². The minimum Gasteiger partial charge on any atom is -0.444 e. The van der Waals surface area contributed by atoms with E-state index in [1.807, 2.05) is 20.8 Å². The lowest BCUT2D eigenvalue weighted by atomic mass is 10.2. The summed E-state index contributed by atoms with van der Waals surface area (Å²) in [7, 11) is 0. The van der Waals surface area contributed by atoms with Crippen LogP contribution in [-0.4, -0.2) is 34.2 Å². The highest BCUT2D eigenvalue weighted by Gasteiger charge is 2.33. The van der Waals surface area contributed by atoms with Crippen LogP contribution in [0.4, 0.5) is 4.79 Å². The summed E-state index contributed by atoms with van der Waals surface area (Å²) in [5.74, 6) is 0.553. The van der Waals surface area contributed by atoms with E-state index in [0.717, 1.165) is 24.9 Å². The van der Waals surface area contributed by atoms with Crippen LogP contribution in [0.2, 0.25) is 0 Å². The predicted octanol–water partition coefficient (Wildman–Crippen LogP) is 1.87. The summed E-state index contributed by atoms with van der Waals surface area (Å²) in [5, 5.41) is 6.31. The van der Waals surface area contributed by atoms with Crippen molar-refractivity contribution in [3.63, 3.8) is 0 Å². The summed E-state index contributed by atoms with van der Waals surface area (Å²) in [6, 6.07) is 0.115.